The van der Waals surface area contributed by atoms with Crippen molar-refractivity contribution < 1.29 is 29.2 Å². The van der Waals surface area contributed by atoms with Gasteiger partial charge in [-0.25, -0.2) is 4.98 Å². The summed E-state index contributed by atoms with van der Waals surface area (Å²) >= 11 is 0. The number of aromatic hydroxyl groups is 1. The molecule has 44 heavy (non-hydrogen) atoms. The Labute approximate surface area is 259 Å². The molecule has 3 heterocycles. The van der Waals surface area contributed by atoms with E-state index in [1.165, 1.54) is 7.11 Å². The van der Waals surface area contributed by atoms with Gasteiger partial charge in [0, 0.05) is 36.0 Å². The third kappa shape index (κ3) is 6.60. The van der Waals surface area contributed by atoms with Gasteiger partial charge in [0.1, 0.15) is 17.2 Å². The number of aromatic nitrogens is 2. The molecule has 0 unspecified atom stereocenters. The number of aliphatic hydroxyl groups excluding tert-OH is 1. The predicted molar refractivity (Wildman–Crippen MR) is 171 cm³/mol. The number of rotatable bonds is 11. The van der Waals surface area contributed by atoms with Gasteiger partial charge in [-0.15, -0.1) is 0 Å². The van der Waals surface area contributed by atoms with Crippen LogP contribution in [0.4, 0.5) is 5.82 Å². The summed E-state index contributed by atoms with van der Waals surface area (Å²) in [7, 11) is 1.42. The normalized spacial score (nSPS) is 14.7. The van der Waals surface area contributed by atoms with Crippen LogP contribution < -0.4 is 4.90 Å². The Morgan fingerprint density at radius 1 is 1.00 bits per heavy atom. The molecule has 1 aliphatic heterocycles. The molecule has 2 aromatic heterocycles. The van der Waals surface area contributed by atoms with E-state index >= 15 is 0 Å². The Bertz CT molecular complexity index is 1640. The van der Waals surface area contributed by atoms with Crippen molar-refractivity contribution in [2.75, 3.05) is 51.5 Å². The average Bonchev–Trinajstić information content (AvgIpc) is 3.46. The monoisotopic (exact) mass is 601 g/mol. The highest BCUT2D eigenvalue weighted by molar-refractivity contribution is 5.80. The van der Waals surface area contributed by atoms with E-state index in [-0.39, 0.29) is 30.3 Å². The first-order chi connectivity index (χ1) is 21.1. The van der Waals surface area contributed by atoms with E-state index in [0.717, 1.165) is 82.0 Å². The number of ether oxygens (including phenoxy) is 3. The van der Waals surface area contributed by atoms with Gasteiger partial charge in [0.05, 0.1) is 51.3 Å². The van der Waals surface area contributed by atoms with Gasteiger partial charge in [0.15, 0.2) is 0 Å². The number of aryl methyl sites for hydroxylation is 2. The van der Waals surface area contributed by atoms with Crippen molar-refractivity contribution in [1.29, 1.82) is 0 Å². The maximum absolute atomic E-state index is 12.6. The molecule has 9 heteroatoms. The Kier molecular flexibility index (Phi) is 9.58. The van der Waals surface area contributed by atoms with Crippen LogP contribution in [0.25, 0.3) is 28.0 Å². The zero-order valence-corrected chi connectivity index (χ0v) is 26.4. The van der Waals surface area contributed by atoms with Gasteiger partial charge in [0.25, 0.3) is 0 Å². The lowest BCUT2D eigenvalue weighted by atomic mass is 9.92. The van der Waals surface area contributed by atoms with Crippen LogP contribution in [0.2, 0.25) is 0 Å². The highest BCUT2D eigenvalue weighted by Crippen LogP contribution is 2.37. The topological polar surface area (TPSA) is 106 Å². The van der Waals surface area contributed by atoms with Gasteiger partial charge >= 0.3 is 5.97 Å². The number of pyridine rings is 1. The van der Waals surface area contributed by atoms with Gasteiger partial charge < -0.3 is 29.3 Å². The number of carbonyl (C=O) groups is 1. The van der Waals surface area contributed by atoms with Gasteiger partial charge in [-0.05, 0) is 74.9 Å². The number of anilines is 1. The number of carbonyl (C=O) groups excluding carboxylic acids is 1. The van der Waals surface area contributed by atoms with Crippen molar-refractivity contribution in [3.05, 3.63) is 70.9 Å². The minimum atomic E-state index is -0.289. The molecule has 0 bridgehead atoms. The first-order valence-electron chi connectivity index (χ1n) is 15.2. The second-order valence-corrected chi connectivity index (χ2v) is 11.8. The summed E-state index contributed by atoms with van der Waals surface area (Å²) in [6.45, 7) is 10.9. The molecule has 4 aromatic rings. The zero-order valence-electron chi connectivity index (χ0n) is 26.4. The fourth-order valence-corrected chi connectivity index (χ4v) is 6.01. The molecule has 9 nitrogen and oxygen atoms in total. The molecular formula is C35H43N3O6. The first-order valence-corrected chi connectivity index (χ1v) is 15.2. The minimum absolute atomic E-state index is 0.00229. The van der Waals surface area contributed by atoms with Gasteiger partial charge in [-0.1, -0.05) is 30.3 Å². The van der Waals surface area contributed by atoms with E-state index in [1.54, 1.807) is 6.07 Å². The summed E-state index contributed by atoms with van der Waals surface area (Å²) in [4.78, 5) is 20.1. The molecule has 1 fully saturated rings. The van der Waals surface area contributed by atoms with Gasteiger partial charge in [-0.3, -0.25) is 9.20 Å². The molecular weight excluding hydrogens is 558 g/mol. The van der Waals surface area contributed by atoms with Crippen molar-refractivity contribution in [3.8, 4) is 28.1 Å². The largest absolute Gasteiger partial charge is 0.507 e. The average molecular weight is 602 g/mol. The lowest BCUT2D eigenvalue weighted by Crippen LogP contribution is -2.45. The van der Waals surface area contributed by atoms with Crippen molar-refractivity contribution >= 4 is 17.4 Å². The summed E-state index contributed by atoms with van der Waals surface area (Å²) < 4.78 is 18.8. The van der Waals surface area contributed by atoms with Crippen LogP contribution in [0, 0.1) is 20.8 Å². The number of piperidine rings is 1. The van der Waals surface area contributed by atoms with Crippen LogP contribution in [0.1, 0.15) is 42.0 Å². The molecule has 0 radical (unpaired) electrons. The number of hydrogen-bond acceptors (Lipinski definition) is 8. The number of phenols is 1. The maximum Gasteiger partial charge on any atom is 0.310 e. The second kappa shape index (κ2) is 13.4. The van der Waals surface area contributed by atoms with E-state index < -0.39 is 0 Å². The van der Waals surface area contributed by atoms with Crippen LogP contribution in [-0.2, 0) is 25.4 Å². The Hall–Kier alpha value is -3.92. The number of aliphatic hydroxyl groups is 1. The zero-order chi connectivity index (χ0) is 31.4. The molecule has 1 aliphatic rings. The molecule has 0 atom stereocenters. The number of hydrogen-bond donors (Lipinski definition) is 2. The third-order valence-corrected chi connectivity index (χ3v) is 8.76. The van der Waals surface area contributed by atoms with Gasteiger partial charge in [0.2, 0.25) is 0 Å². The number of methoxy groups -OCH3 is 1. The highest BCUT2D eigenvalue weighted by Gasteiger charge is 2.33. The number of benzene rings is 2. The van der Waals surface area contributed by atoms with Crippen LogP contribution in [0.15, 0.2) is 48.7 Å². The van der Waals surface area contributed by atoms with E-state index in [0.29, 0.717) is 19.8 Å². The Morgan fingerprint density at radius 2 is 1.75 bits per heavy atom. The SMILES string of the molecule is COC(=O)Cc1c(C)c(C)c2nc(-c3cccc(-c4ccc(C)cc4O)c3)cn2c1N1CCC(C)(OCCOCCO)CC1. The summed E-state index contributed by atoms with van der Waals surface area (Å²) in [5.41, 5.74) is 7.96. The van der Waals surface area contributed by atoms with Crippen molar-refractivity contribution in [2.45, 2.75) is 52.6 Å². The number of imidazole rings is 1. The van der Waals surface area contributed by atoms with E-state index in [4.69, 9.17) is 24.3 Å². The molecule has 1 saturated heterocycles. The van der Waals surface area contributed by atoms with Crippen molar-refractivity contribution in [1.82, 2.24) is 9.38 Å². The van der Waals surface area contributed by atoms with Crippen LogP contribution in [0.5, 0.6) is 5.75 Å². The second-order valence-electron chi connectivity index (χ2n) is 11.8. The number of phenolic OH excluding ortho intramolecular Hbond substituents is 1. The predicted octanol–water partition coefficient (Wildman–Crippen LogP) is 5.40. The van der Waals surface area contributed by atoms with Crippen molar-refractivity contribution in [3.63, 3.8) is 0 Å². The molecule has 2 aromatic carbocycles. The van der Waals surface area contributed by atoms with Crippen LogP contribution in [0.3, 0.4) is 0 Å². The fraction of sp³-hybridized carbons (Fsp3) is 0.429. The lowest BCUT2D eigenvalue weighted by Gasteiger charge is -2.41. The summed E-state index contributed by atoms with van der Waals surface area (Å²) in [5, 5.41) is 19.6. The van der Waals surface area contributed by atoms with Crippen LogP contribution in [-0.4, -0.2) is 77.8 Å². The summed E-state index contributed by atoms with van der Waals surface area (Å²) in [6.07, 6.45) is 3.83. The standard InChI is InChI=1S/C35H43N3O6/c1-23-9-10-28(31(40)19-23)26-7-6-8-27(20-26)30-22-38-33(36-30)25(3)24(2)29(21-32(41)42-5)34(38)37-13-11-35(4,12-14-37)44-18-17-43-16-15-39/h6-10,19-20,22,39-40H,11-18,21H2,1-5H3. The molecule has 0 spiro atoms. The molecule has 0 saturated carbocycles. The molecule has 0 aliphatic carbocycles. The van der Waals surface area contributed by atoms with E-state index in [2.05, 4.69) is 35.4 Å². The number of nitrogens with zero attached hydrogens (tertiary/aromatic N) is 3. The smallest absolute Gasteiger partial charge is 0.310 e. The maximum atomic E-state index is 12.6. The highest BCUT2D eigenvalue weighted by atomic mass is 16.5. The van der Waals surface area contributed by atoms with Gasteiger partial charge in [-0.2, -0.15) is 0 Å². The summed E-state index contributed by atoms with van der Waals surface area (Å²) in [6, 6.07) is 13.8. The number of esters is 1. The summed E-state index contributed by atoms with van der Waals surface area (Å²) in [5.74, 6) is 0.914. The third-order valence-electron chi connectivity index (χ3n) is 8.76. The molecule has 2 N–H and O–H groups in total. The fourth-order valence-electron chi connectivity index (χ4n) is 6.01. The lowest BCUT2D eigenvalue weighted by molar-refractivity contribution is -0.139. The minimum Gasteiger partial charge on any atom is -0.507 e. The first kappa shape index (κ1) is 31.5. The quantitative estimate of drug-likeness (QED) is 0.174. The molecule has 234 valence electrons. The van der Waals surface area contributed by atoms with E-state index in [9.17, 15) is 9.90 Å². The molecule has 5 rings (SSSR count). The van der Waals surface area contributed by atoms with E-state index in [1.807, 2.05) is 44.2 Å². The Balaban J connectivity index is 1.52. The molecule has 0 amide bonds. The Morgan fingerprint density at radius 3 is 2.45 bits per heavy atom. The number of fused-ring (bicyclic) bond motifs is 1. The van der Waals surface area contributed by atoms with Crippen LogP contribution >= 0.6 is 0 Å². The van der Waals surface area contributed by atoms with Crippen molar-refractivity contribution in [2.24, 2.45) is 0 Å².